The lowest BCUT2D eigenvalue weighted by molar-refractivity contribution is 0.439. The fourth-order valence-electron chi connectivity index (χ4n) is 1.62. The summed E-state index contributed by atoms with van der Waals surface area (Å²) in [6, 6.07) is 3.70. The zero-order valence-corrected chi connectivity index (χ0v) is 11.1. The summed E-state index contributed by atoms with van der Waals surface area (Å²) in [7, 11) is 0. The normalized spacial score (nSPS) is 10.9. The van der Waals surface area contributed by atoms with Gasteiger partial charge < -0.3 is 4.74 Å². The Balaban J connectivity index is 2.11. The summed E-state index contributed by atoms with van der Waals surface area (Å²) in [5.41, 5.74) is 1.61. The summed E-state index contributed by atoms with van der Waals surface area (Å²) < 4.78 is 7.29. The lowest BCUT2D eigenvalue weighted by Crippen LogP contribution is -2.01. The Hall–Kier alpha value is -2.21. The van der Waals surface area contributed by atoms with Gasteiger partial charge in [0, 0.05) is 11.3 Å². The van der Waals surface area contributed by atoms with Gasteiger partial charge >= 0.3 is 0 Å². The summed E-state index contributed by atoms with van der Waals surface area (Å²) in [5.74, 6) is 1.48. The Morgan fingerprint density at radius 2 is 2.05 bits per heavy atom. The number of fused-ring (bicyclic) bond motifs is 1. The second-order valence-corrected chi connectivity index (χ2v) is 4.40. The molecule has 6 nitrogen and oxygen atoms in total. The molecule has 3 aromatic heterocycles. The molecule has 0 spiro atoms. The average molecular weight is 276 g/mol. The predicted molar refractivity (Wildman–Crippen MR) is 69.6 cm³/mol. The van der Waals surface area contributed by atoms with Crippen LogP contribution in [0.3, 0.4) is 0 Å². The zero-order chi connectivity index (χ0) is 13.4. The molecule has 0 atom stereocenters. The van der Waals surface area contributed by atoms with Gasteiger partial charge in [-0.25, -0.2) is 0 Å². The highest BCUT2D eigenvalue weighted by Crippen LogP contribution is 2.28. The maximum atomic E-state index is 6.05. The van der Waals surface area contributed by atoms with Gasteiger partial charge in [-0.15, -0.1) is 0 Å². The Kier molecular flexibility index (Phi) is 2.79. The lowest BCUT2D eigenvalue weighted by atomic mass is 10.3. The van der Waals surface area contributed by atoms with Crippen molar-refractivity contribution in [1.82, 2.24) is 24.6 Å². The van der Waals surface area contributed by atoms with Gasteiger partial charge in [0.05, 0.1) is 6.20 Å². The van der Waals surface area contributed by atoms with Crippen LogP contribution < -0.4 is 4.74 Å². The largest absolute Gasteiger partial charge is 0.437 e. The summed E-state index contributed by atoms with van der Waals surface area (Å²) in [6.45, 7) is 3.72. The average Bonchev–Trinajstić information content (AvgIpc) is 2.85. The first kappa shape index (κ1) is 11.9. The van der Waals surface area contributed by atoms with E-state index in [-0.39, 0.29) is 0 Å². The summed E-state index contributed by atoms with van der Waals surface area (Å²) >= 11 is 6.05. The quantitative estimate of drug-likeness (QED) is 0.673. The number of ether oxygens (including phenoxy) is 1. The van der Waals surface area contributed by atoms with E-state index in [0.717, 1.165) is 5.69 Å². The Labute approximate surface area is 114 Å². The molecule has 7 heteroatoms. The van der Waals surface area contributed by atoms with Crippen molar-refractivity contribution in [2.24, 2.45) is 0 Å². The molecule has 0 aromatic carbocycles. The number of aromatic nitrogens is 5. The molecular formula is C12H10ClN5O. The number of nitrogens with zero attached hydrogens (tertiary/aromatic N) is 5. The lowest BCUT2D eigenvalue weighted by Gasteiger charge is -2.10. The van der Waals surface area contributed by atoms with Crippen molar-refractivity contribution in [3.63, 3.8) is 0 Å². The molecule has 0 N–H and O–H groups in total. The van der Waals surface area contributed by atoms with Gasteiger partial charge in [0.25, 0.3) is 5.78 Å². The predicted octanol–water partition coefficient (Wildman–Crippen LogP) is 2.58. The van der Waals surface area contributed by atoms with Crippen molar-refractivity contribution < 1.29 is 4.74 Å². The van der Waals surface area contributed by atoms with Crippen LogP contribution in [-0.2, 0) is 0 Å². The SMILES string of the molecule is Cc1ccc(Oc2c(C)c(Cl)nc3ncnn23)cn1. The van der Waals surface area contributed by atoms with Crippen LogP contribution in [0.4, 0.5) is 0 Å². The molecule has 0 aliphatic carbocycles. The molecule has 0 saturated heterocycles. The van der Waals surface area contributed by atoms with Crippen LogP contribution >= 0.6 is 11.6 Å². The summed E-state index contributed by atoms with van der Waals surface area (Å²) in [5, 5.41) is 4.42. The first-order chi connectivity index (χ1) is 9.15. The van der Waals surface area contributed by atoms with Gasteiger partial charge in [-0.2, -0.15) is 19.6 Å². The van der Waals surface area contributed by atoms with Gasteiger partial charge in [-0.3, -0.25) is 4.98 Å². The van der Waals surface area contributed by atoms with E-state index in [1.54, 1.807) is 6.20 Å². The molecule has 0 radical (unpaired) electrons. The molecule has 0 fully saturated rings. The number of aryl methyl sites for hydroxylation is 1. The van der Waals surface area contributed by atoms with Crippen molar-refractivity contribution in [2.75, 3.05) is 0 Å². The number of hydrogen-bond donors (Lipinski definition) is 0. The minimum Gasteiger partial charge on any atom is -0.437 e. The minimum atomic E-state index is 0.343. The zero-order valence-electron chi connectivity index (χ0n) is 10.3. The first-order valence-corrected chi connectivity index (χ1v) is 5.99. The van der Waals surface area contributed by atoms with Gasteiger partial charge in [0.2, 0.25) is 5.88 Å². The maximum Gasteiger partial charge on any atom is 0.256 e. The number of pyridine rings is 1. The molecule has 0 bridgehead atoms. The third-order valence-corrected chi connectivity index (χ3v) is 3.02. The van der Waals surface area contributed by atoms with Crippen molar-refractivity contribution in [3.8, 4) is 11.6 Å². The second-order valence-electron chi connectivity index (χ2n) is 4.04. The van der Waals surface area contributed by atoms with Crippen molar-refractivity contribution >= 4 is 17.4 Å². The van der Waals surface area contributed by atoms with E-state index in [1.165, 1.54) is 10.8 Å². The van der Waals surface area contributed by atoms with E-state index in [1.807, 2.05) is 26.0 Å². The molecule has 0 aliphatic heterocycles. The first-order valence-electron chi connectivity index (χ1n) is 5.61. The maximum absolute atomic E-state index is 6.05. The number of rotatable bonds is 2. The number of hydrogen-bond acceptors (Lipinski definition) is 5. The van der Waals surface area contributed by atoms with Crippen LogP contribution in [0.25, 0.3) is 5.78 Å². The monoisotopic (exact) mass is 275 g/mol. The highest BCUT2D eigenvalue weighted by Gasteiger charge is 2.14. The topological polar surface area (TPSA) is 65.2 Å². The summed E-state index contributed by atoms with van der Waals surface area (Å²) in [4.78, 5) is 12.3. The standard InChI is InChI=1S/C12H10ClN5O/c1-7-3-4-9(5-14-7)19-11-8(2)10(13)17-12-15-6-16-18(11)12/h3-6H,1-2H3. The second kappa shape index (κ2) is 4.47. The molecule has 3 rings (SSSR count). The van der Waals surface area contributed by atoms with Gasteiger partial charge in [-0.05, 0) is 26.0 Å². The van der Waals surface area contributed by atoms with Crippen LogP contribution in [0.1, 0.15) is 11.3 Å². The highest BCUT2D eigenvalue weighted by atomic mass is 35.5. The van der Waals surface area contributed by atoms with Crippen molar-refractivity contribution in [2.45, 2.75) is 13.8 Å². The molecule has 96 valence electrons. The molecule has 0 amide bonds. The Morgan fingerprint density at radius 1 is 1.21 bits per heavy atom. The fourth-order valence-corrected chi connectivity index (χ4v) is 1.78. The van der Waals surface area contributed by atoms with Gasteiger partial charge in [0.1, 0.15) is 17.2 Å². The van der Waals surface area contributed by atoms with E-state index < -0.39 is 0 Å². The van der Waals surface area contributed by atoms with E-state index in [2.05, 4.69) is 20.1 Å². The minimum absolute atomic E-state index is 0.343. The molecule has 0 saturated carbocycles. The van der Waals surface area contributed by atoms with E-state index in [4.69, 9.17) is 16.3 Å². The highest BCUT2D eigenvalue weighted by molar-refractivity contribution is 6.30. The van der Waals surface area contributed by atoms with E-state index in [0.29, 0.717) is 28.1 Å². The van der Waals surface area contributed by atoms with E-state index in [9.17, 15) is 0 Å². The van der Waals surface area contributed by atoms with Crippen LogP contribution in [0, 0.1) is 13.8 Å². The van der Waals surface area contributed by atoms with Crippen molar-refractivity contribution in [3.05, 3.63) is 41.1 Å². The molecule has 3 heterocycles. The molecule has 19 heavy (non-hydrogen) atoms. The Bertz CT molecular complexity index is 738. The molecule has 3 aromatic rings. The third kappa shape index (κ3) is 2.10. The van der Waals surface area contributed by atoms with Gasteiger partial charge in [-0.1, -0.05) is 11.6 Å². The number of halogens is 1. The van der Waals surface area contributed by atoms with Crippen LogP contribution in [-0.4, -0.2) is 24.6 Å². The van der Waals surface area contributed by atoms with Gasteiger partial charge in [0.15, 0.2) is 0 Å². The van der Waals surface area contributed by atoms with Crippen LogP contribution in [0.5, 0.6) is 11.6 Å². The Morgan fingerprint density at radius 3 is 2.79 bits per heavy atom. The fraction of sp³-hybridized carbons (Fsp3) is 0.167. The van der Waals surface area contributed by atoms with Crippen LogP contribution in [0.15, 0.2) is 24.7 Å². The molecular weight excluding hydrogens is 266 g/mol. The summed E-state index contributed by atoms with van der Waals surface area (Å²) in [6.07, 6.45) is 3.05. The molecule has 0 aliphatic rings. The molecule has 0 unspecified atom stereocenters. The smallest absolute Gasteiger partial charge is 0.256 e. The van der Waals surface area contributed by atoms with Crippen LogP contribution in [0.2, 0.25) is 5.15 Å². The van der Waals surface area contributed by atoms with E-state index >= 15 is 0 Å². The van der Waals surface area contributed by atoms with Crippen molar-refractivity contribution in [1.29, 1.82) is 0 Å². The third-order valence-electron chi connectivity index (χ3n) is 2.65.